The molecular formula is C11H6F3N3O2S. The number of anilines is 2. The van der Waals surface area contributed by atoms with Crippen LogP contribution >= 0.6 is 11.5 Å². The van der Waals surface area contributed by atoms with Gasteiger partial charge in [0.05, 0.1) is 5.69 Å². The zero-order valence-electron chi connectivity index (χ0n) is 9.60. The number of nitrogens with one attached hydrogen (secondary N) is 1. The van der Waals surface area contributed by atoms with E-state index in [1.165, 1.54) is 18.2 Å². The molecule has 20 heavy (non-hydrogen) atoms. The zero-order valence-corrected chi connectivity index (χ0v) is 10.4. The Morgan fingerprint density at radius 3 is 2.70 bits per heavy atom. The summed E-state index contributed by atoms with van der Waals surface area (Å²) >= 11 is 0.752. The minimum Gasteiger partial charge on any atom is -0.492 e. The Labute approximate surface area is 115 Å². The number of alkyl halides is 3. The molecular weight excluding hydrogens is 295 g/mol. The van der Waals surface area contributed by atoms with Crippen LogP contribution in [0.2, 0.25) is 0 Å². The second-order valence-electron chi connectivity index (χ2n) is 3.49. The maximum atomic E-state index is 12.3. The first-order chi connectivity index (χ1) is 9.40. The molecule has 0 aliphatic heterocycles. The summed E-state index contributed by atoms with van der Waals surface area (Å²) in [6.45, 7) is 0. The van der Waals surface area contributed by atoms with Crippen LogP contribution in [0.1, 0.15) is 5.56 Å². The van der Waals surface area contributed by atoms with Crippen LogP contribution in [0.25, 0.3) is 0 Å². The van der Waals surface area contributed by atoms with Crippen molar-refractivity contribution >= 4 is 22.2 Å². The average Bonchev–Trinajstić information content (AvgIpc) is 2.70. The lowest BCUT2D eigenvalue weighted by Gasteiger charge is -2.13. The van der Waals surface area contributed by atoms with Gasteiger partial charge in [-0.05, 0) is 23.7 Å². The number of rotatable bonds is 3. The normalized spacial score (nSPS) is 10.9. The average molecular weight is 301 g/mol. The van der Waals surface area contributed by atoms with Gasteiger partial charge in [-0.15, -0.1) is 13.2 Å². The molecule has 0 aliphatic carbocycles. The maximum Gasteiger partial charge on any atom is 0.573 e. The van der Waals surface area contributed by atoms with Crippen molar-refractivity contribution in [1.29, 1.82) is 5.26 Å². The molecule has 2 N–H and O–H groups in total. The summed E-state index contributed by atoms with van der Waals surface area (Å²) in [5, 5.41) is 20.8. The van der Waals surface area contributed by atoms with Crippen molar-refractivity contribution in [2.45, 2.75) is 6.36 Å². The van der Waals surface area contributed by atoms with E-state index in [4.69, 9.17) is 5.26 Å². The highest BCUT2D eigenvalue weighted by Crippen LogP contribution is 2.36. The first-order valence-corrected chi connectivity index (χ1v) is 5.88. The molecule has 2 aromatic rings. The van der Waals surface area contributed by atoms with Crippen LogP contribution in [-0.2, 0) is 0 Å². The van der Waals surface area contributed by atoms with Gasteiger partial charge in [0.1, 0.15) is 11.1 Å². The van der Waals surface area contributed by atoms with Gasteiger partial charge in [0.15, 0.2) is 11.3 Å². The second-order valence-corrected chi connectivity index (χ2v) is 4.26. The van der Waals surface area contributed by atoms with Crippen molar-refractivity contribution < 1.29 is 23.0 Å². The minimum absolute atomic E-state index is 0.00461. The first kappa shape index (κ1) is 14.0. The molecule has 0 fully saturated rings. The second kappa shape index (κ2) is 5.26. The van der Waals surface area contributed by atoms with E-state index in [0.29, 0.717) is 0 Å². The lowest BCUT2D eigenvalue weighted by atomic mass is 10.3. The van der Waals surface area contributed by atoms with Crippen molar-refractivity contribution in [3.8, 4) is 17.7 Å². The lowest BCUT2D eigenvalue weighted by molar-refractivity contribution is -0.274. The molecule has 0 saturated heterocycles. The smallest absolute Gasteiger partial charge is 0.492 e. The van der Waals surface area contributed by atoms with Gasteiger partial charge in [-0.1, -0.05) is 12.1 Å². The fourth-order valence-corrected chi connectivity index (χ4v) is 2.03. The highest BCUT2D eigenvalue weighted by molar-refractivity contribution is 7.10. The third-order valence-electron chi connectivity index (χ3n) is 2.15. The standard InChI is InChI=1S/C11H6F3N3O2S/c12-11(13,14)19-8-4-2-1-3-7(8)16-10-6(5-15)9(18)17-20-10/h1-4,16H,(H,17,18). The number of halogens is 3. The monoisotopic (exact) mass is 301 g/mol. The Balaban J connectivity index is 2.32. The quantitative estimate of drug-likeness (QED) is 0.908. The van der Waals surface area contributed by atoms with Gasteiger partial charge >= 0.3 is 6.36 Å². The molecule has 9 heteroatoms. The molecule has 0 bridgehead atoms. The summed E-state index contributed by atoms with van der Waals surface area (Å²) in [6.07, 6.45) is -4.83. The number of aromatic nitrogens is 1. The Morgan fingerprint density at radius 2 is 2.05 bits per heavy atom. The third kappa shape index (κ3) is 3.10. The number of ether oxygens (including phenoxy) is 1. The van der Waals surface area contributed by atoms with Crippen molar-refractivity contribution in [3.63, 3.8) is 0 Å². The van der Waals surface area contributed by atoms with Gasteiger partial charge in [-0.3, -0.25) is 0 Å². The number of hydrogen-bond donors (Lipinski definition) is 2. The number of nitriles is 1. The Morgan fingerprint density at radius 1 is 1.35 bits per heavy atom. The first-order valence-electron chi connectivity index (χ1n) is 5.11. The predicted molar refractivity (Wildman–Crippen MR) is 64.9 cm³/mol. The Bertz CT molecular complexity index is 664. The summed E-state index contributed by atoms with van der Waals surface area (Å²) in [5.41, 5.74) is -0.137. The van der Waals surface area contributed by atoms with E-state index in [2.05, 4.69) is 14.4 Å². The number of hydrogen-bond acceptors (Lipinski definition) is 6. The molecule has 0 atom stereocenters. The SMILES string of the molecule is N#Cc1c(O)nsc1Nc1ccccc1OC(F)(F)F. The van der Waals surface area contributed by atoms with Gasteiger partial charge in [0, 0.05) is 0 Å². The number of para-hydroxylation sites is 2. The molecule has 0 amide bonds. The van der Waals surface area contributed by atoms with E-state index >= 15 is 0 Å². The van der Waals surface area contributed by atoms with Gasteiger partial charge in [0.25, 0.3) is 0 Å². The summed E-state index contributed by atoms with van der Waals surface area (Å²) in [5.74, 6) is -0.925. The van der Waals surface area contributed by atoms with Crippen molar-refractivity contribution in [1.82, 2.24) is 4.37 Å². The highest BCUT2D eigenvalue weighted by Gasteiger charge is 2.32. The Kier molecular flexibility index (Phi) is 3.67. The summed E-state index contributed by atoms with van der Waals surface area (Å²) < 4.78 is 44.2. The topological polar surface area (TPSA) is 78.2 Å². The molecule has 5 nitrogen and oxygen atoms in total. The van der Waals surface area contributed by atoms with Gasteiger partial charge < -0.3 is 15.2 Å². The molecule has 104 valence electrons. The molecule has 0 unspecified atom stereocenters. The van der Waals surface area contributed by atoms with E-state index in [0.717, 1.165) is 17.6 Å². The fraction of sp³-hybridized carbons (Fsp3) is 0.0909. The molecule has 0 spiro atoms. The van der Waals surface area contributed by atoms with E-state index < -0.39 is 18.0 Å². The zero-order chi connectivity index (χ0) is 14.8. The minimum atomic E-state index is -4.83. The summed E-state index contributed by atoms with van der Waals surface area (Å²) in [6, 6.07) is 7.05. The molecule has 0 radical (unpaired) electrons. The van der Waals surface area contributed by atoms with Crippen LogP contribution in [0, 0.1) is 11.3 Å². The Hall–Kier alpha value is -2.47. The fourth-order valence-electron chi connectivity index (χ4n) is 1.37. The van der Waals surface area contributed by atoms with Gasteiger partial charge in [-0.2, -0.15) is 9.64 Å². The summed E-state index contributed by atoms with van der Waals surface area (Å²) in [7, 11) is 0. The maximum absolute atomic E-state index is 12.3. The van der Waals surface area contributed by atoms with E-state index in [9.17, 15) is 18.3 Å². The molecule has 1 aromatic carbocycles. The van der Waals surface area contributed by atoms with Crippen molar-refractivity contribution in [2.75, 3.05) is 5.32 Å². The molecule has 0 aliphatic rings. The molecule has 2 rings (SSSR count). The number of aromatic hydroxyl groups is 1. The van der Waals surface area contributed by atoms with Gasteiger partial charge in [0.2, 0.25) is 5.88 Å². The van der Waals surface area contributed by atoms with Gasteiger partial charge in [-0.25, -0.2) is 0 Å². The molecule has 0 saturated carbocycles. The largest absolute Gasteiger partial charge is 0.573 e. The van der Waals surface area contributed by atoms with Crippen LogP contribution in [0.5, 0.6) is 11.6 Å². The van der Waals surface area contributed by atoms with Crippen LogP contribution in [0.15, 0.2) is 24.3 Å². The van der Waals surface area contributed by atoms with Crippen LogP contribution < -0.4 is 10.1 Å². The molecule has 1 aromatic heterocycles. The van der Waals surface area contributed by atoms with Crippen LogP contribution in [-0.4, -0.2) is 15.8 Å². The highest BCUT2D eigenvalue weighted by atomic mass is 32.1. The van der Waals surface area contributed by atoms with Crippen molar-refractivity contribution in [3.05, 3.63) is 29.8 Å². The third-order valence-corrected chi connectivity index (χ3v) is 2.90. The molecule has 1 heterocycles. The lowest BCUT2D eigenvalue weighted by Crippen LogP contribution is -2.17. The predicted octanol–water partition coefficient (Wildman–Crippen LogP) is 3.36. The van der Waals surface area contributed by atoms with Crippen LogP contribution in [0.3, 0.4) is 0 Å². The van der Waals surface area contributed by atoms with E-state index in [1.807, 2.05) is 0 Å². The van der Waals surface area contributed by atoms with E-state index in [1.54, 1.807) is 6.07 Å². The number of benzene rings is 1. The van der Waals surface area contributed by atoms with Crippen molar-refractivity contribution in [2.24, 2.45) is 0 Å². The van der Waals surface area contributed by atoms with Crippen LogP contribution in [0.4, 0.5) is 23.9 Å². The van der Waals surface area contributed by atoms with E-state index in [-0.39, 0.29) is 16.3 Å². The number of nitrogens with zero attached hydrogens (tertiary/aromatic N) is 2. The summed E-state index contributed by atoms with van der Waals surface area (Å²) in [4.78, 5) is 0.